The molecule has 0 saturated carbocycles. The van der Waals surface area contributed by atoms with Crippen LogP contribution < -0.4 is 4.74 Å². The number of hydrogen-bond donors (Lipinski definition) is 0. The largest absolute Gasteiger partial charge is 0.491 e. The number of ether oxygens (including phenoxy) is 2. The first-order valence-electron chi connectivity index (χ1n) is 8.00. The Labute approximate surface area is 142 Å². The number of hydrogen-bond acceptors (Lipinski definition) is 2. The molecule has 0 bridgehead atoms. The molecule has 0 spiro atoms. The minimum Gasteiger partial charge on any atom is -0.491 e. The molecule has 122 valence electrons. The highest BCUT2D eigenvalue weighted by Crippen LogP contribution is 2.35. The normalized spacial score (nSPS) is 22.9. The van der Waals surface area contributed by atoms with Crippen LogP contribution in [0.15, 0.2) is 18.2 Å². The lowest BCUT2D eigenvalue weighted by molar-refractivity contribution is -0.921. The summed E-state index contributed by atoms with van der Waals surface area (Å²) in [6.45, 7) is 5.88. The van der Waals surface area contributed by atoms with E-state index in [1.807, 2.05) is 12.1 Å². The van der Waals surface area contributed by atoms with Gasteiger partial charge in [-0.05, 0) is 37.5 Å². The molecule has 0 amide bonds. The van der Waals surface area contributed by atoms with Crippen molar-refractivity contribution in [2.45, 2.75) is 19.3 Å². The first kappa shape index (κ1) is 16.4. The SMILES string of the molecule is C[N+]1(CC2(COc3ccc(Cl)cc3Cl)COC2)CCCCC1. The summed E-state index contributed by atoms with van der Waals surface area (Å²) < 4.78 is 12.7. The van der Waals surface area contributed by atoms with Gasteiger partial charge in [-0.25, -0.2) is 0 Å². The maximum absolute atomic E-state index is 6.19. The van der Waals surface area contributed by atoms with E-state index in [-0.39, 0.29) is 5.41 Å². The van der Waals surface area contributed by atoms with Crippen LogP contribution in [0.4, 0.5) is 0 Å². The van der Waals surface area contributed by atoms with Crippen LogP contribution >= 0.6 is 23.2 Å². The highest BCUT2D eigenvalue weighted by molar-refractivity contribution is 6.35. The second-order valence-corrected chi connectivity index (χ2v) is 7.99. The van der Waals surface area contributed by atoms with Crippen molar-refractivity contribution in [2.75, 3.05) is 46.5 Å². The Kier molecular flexibility index (Phi) is 4.89. The molecule has 0 unspecified atom stereocenters. The van der Waals surface area contributed by atoms with Crippen LogP contribution in [0.3, 0.4) is 0 Å². The molecule has 0 atom stereocenters. The minimum absolute atomic E-state index is 0.120. The zero-order chi connectivity index (χ0) is 15.6. The van der Waals surface area contributed by atoms with Gasteiger partial charge in [-0.1, -0.05) is 23.2 Å². The van der Waals surface area contributed by atoms with Crippen molar-refractivity contribution in [2.24, 2.45) is 5.41 Å². The average molecular weight is 345 g/mol. The van der Waals surface area contributed by atoms with Crippen LogP contribution in [-0.4, -0.2) is 51.0 Å². The zero-order valence-corrected chi connectivity index (χ0v) is 14.6. The Morgan fingerprint density at radius 2 is 1.91 bits per heavy atom. The van der Waals surface area contributed by atoms with Gasteiger partial charge in [0.15, 0.2) is 0 Å². The Balaban J connectivity index is 1.63. The first-order chi connectivity index (χ1) is 10.5. The predicted molar refractivity (Wildman–Crippen MR) is 89.8 cm³/mol. The molecule has 0 aliphatic carbocycles. The van der Waals surface area contributed by atoms with Crippen molar-refractivity contribution in [1.82, 2.24) is 0 Å². The number of halogens is 2. The van der Waals surface area contributed by atoms with E-state index in [1.165, 1.54) is 32.4 Å². The summed E-state index contributed by atoms with van der Waals surface area (Å²) in [5.74, 6) is 0.707. The highest BCUT2D eigenvalue weighted by Gasteiger charge is 2.46. The number of nitrogens with zero attached hydrogens (tertiary/aromatic N) is 1. The molecule has 0 radical (unpaired) electrons. The first-order valence-corrected chi connectivity index (χ1v) is 8.75. The van der Waals surface area contributed by atoms with Crippen LogP contribution in [0.1, 0.15) is 19.3 Å². The third kappa shape index (κ3) is 3.70. The summed E-state index contributed by atoms with van der Waals surface area (Å²) in [6.07, 6.45) is 4.03. The molecule has 2 aliphatic rings. The summed E-state index contributed by atoms with van der Waals surface area (Å²) in [5, 5.41) is 1.20. The van der Waals surface area contributed by atoms with E-state index < -0.39 is 0 Å². The van der Waals surface area contributed by atoms with Gasteiger partial charge >= 0.3 is 0 Å². The Morgan fingerprint density at radius 3 is 2.50 bits per heavy atom. The summed E-state index contributed by atoms with van der Waals surface area (Å²) in [4.78, 5) is 0. The molecule has 5 heteroatoms. The van der Waals surface area contributed by atoms with Crippen LogP contribution in [0, 0.1) is 5.41 Å². The van der Waals surface area contributed by atoms with E-state index in [0.717, 1.165) is 24.2 Å². The second-order valence-electron chi connectivity index (χ2n) is 7.14. The number of benzene rings is 1. The van der Waals surface area contributed by atoms with Gasteiger partial charge in [-0.2, -0.15) is 0 Å². The lowest BCUT2D eigenvalue weighted by Gasteiger charge is -2.48. The van der Waals surface area contributed by atoms with Gasteiger partial charge in [0.05, 0.1) is 50.3 Å². The van der Waals surface area contributed by atoms with E-state index in [9.17, 15) is 0 Å². The maximum atomic E-state index is 6.19. The van der Waals surface area contributed by atoms with E-state index >= 15 is 0 Å². The molecular formula is C17H24Cl2NO2+. The van der Waals surface area contributed by atoms with E-state index in [0.29, 0.717) is 22.4 Å². The molecule has 3 nitrogen and oxygen atoms in total. The smallest absolute Gasteiger partial charge is 0.138 e. The summed E-state index contributed by atoms with van der Waals surface area (Å²) in [6, 6.07) is 5.38. The van der Waals surface area contributed by atoms with Gasteiger partial charge in [0, 0.05) is 5.02 Å². The lowest BCUT2D eigenvalue weighted by Crippen LogP contribution is -2.61. The molecule has 1 aromatic carbocycles. The van der Waals surface area contributed by atoms with Crippen molar-refractivity contribution in [1.29, 1.82) is 0 Å². The van der Waals surface area contributed by atoms with Crippen LogP contribution in [0.25, 0.3) is 0 Å². The summed E-state index contributed by atoms with van der Waals surface area (Å²) in [5.41, 5.74) is 0.120. The molecule has 1 aromatic rings. The van der Waals surface area contributed by atoms with Crippen molar-refractivity contribution in [3.8, 4) is 5.75 Å². The van der Waals surface area contributed by atoms with Crippen LogP contribution in [-0.2, 0) is 4.74 Å². The van der Waals surface area contributed by atoms with Gasteiger partial charge in [0.1, 0.15) is 12.4 Å². The summed E-state index contributed by atoms with van der Waals surface area (Å²) in [7, 11) is 2.37. The Hall–Kier alpha value is -0.480. The van der Waals surface area contributed by atoms with Gasteiger partial charge < -0.3 is 14.0 Å². The fourth-order valence-electron chi connectivity index (χ4n) is 3.68. The molecule has 2 aliphatic heterocycles. The van der Waals surface area contributed by atoms with Gasteiger partial charge in [-0.3, -0.25) is 0 Å². The molecule has 2 heterocycles. The number of quaternary nitrogens is 1. The molecule has 2 saturated heterocycles. The number of likely N-dealkylation sites (tertiary alicyclic amines) is 1. The zero-order valence-electron chi connectivity index (χ0n) is 13.1. The minimum atomic E-state index is 0.120. The third-order valence-corrected chi connectivity index (χ3v) is 5.39. The standard InChI is InChI=1S/C17H24Cl2NO2/c1-20(7-3-2-4-8-20)10-17(11-21-12-17)13-22-16-6-5-14(18)9-15(16)19/h5-6,9H,2-4,7-8,10-13H2,1H3/q+1. The molecule has 3 rings (SSSR count). The second kappa shape index (κ2) is 6.56. The third-order valence-electron chi connectivity index (χ3n) is 4.86. The maximum Gasteiger partial charge on any atom is 0.138 e. The van der Waals surface area contributed by atoms with E-state index in [4.69, 9.17) is 32.7 Å². The van der Waals surface area contributed by atoms with Crippen molar-refractivity contribution in [3.05, 3.63) is 28.2 Å². The molecule has 2 fully saturated rings. The Morgan fingerprint density at radius 1 is 1.18 bits per heavy atom. The average Bonchev–Trinajstić information content (AvgIpc) is 2.44. The fourth-order valence-corrected chi connectivity index (χ4v) is 4.14. The van der Waals surface area contributed by atoms with Gasteiger partial charge in [0.25, 0.3) is 0 Å². The predicted octanol–water partition coefficient (Wildman–Crippen LogP) is 4.02. The van der Waals surface area contributed by atoms with Gasteiger partial charge in [0.2, 0.25) is 0 Å². The quantitative estimate of drug-likeness (QED) is 0.751. The summed E-state index contributed by atoms with van der Waals surface area (Å²) >= 11 is 12.1. The van der Waals surface area contributed by atoms with E-state index in [1.54, 1.807) is 6.07 Å². The molecule has 0 N–H and O–H groups in total. The monoisotopic (exact) mass is 344 g/mol. The van der Waals surface area contributed by atoms with Crippen LogP contribution in [0.5, 0.6) is 5.75 Å². The molecule has 22 heavy (non-hydrogen) atoms. The van der Waals surface area contributed by atoms with Crippen molar-refractivity contribution < 1.29 is 14.0 Å². The highest BCUT2D eigenvalue weighted by atomic mass is 35.5. The van der Waals surface area contributed by atoms with Gasteiger partial charge in [-0.15, -0.1) is 0 Å². The van der Waals surface area contributed by atoms with E-state index in [2.05, 4.69) is 7.05 Å². The number of piperidine rings is 1. The van der Waals surface area contributed by atoms with Crippen LogP contribution in [0.2, 0.25) is 10.0 Å². The fraction of sp³-hybridized carbons (Fsp3) is 0.647. The van der Waals surface area contributed by atoms with Crippen molar-refractivity contribution in [3.63, 3.8) is 0 Å². The molecular weight excluding hydrogens is 321 g/mol. The Bertz CT molecular complexity index is 525. The lowest BCUT2D eigenvalue weighted by atomic mass is 9.84. The molecule has 0 aromatic heterocycles. The van der Waals surface area contributed by atoms with Crippen molar-refractivity contribution >= 4 is 23.2 Å². The number of rotatable bonds is 5. The topological polar surface area (TPSA) is 18.5 Å².